The summed E-state index contributed by atoms with van der Waals surface area (Å²) in [5.41, 5.74) is 5.78. The van der Waals surface area contributed by atoms with Crippen molar-refractivity contribution in [3.05, 3.63) is 16.7 Å². The second kappa shape index (κ2) is 3.35. The molecule has 3 N–H and O–H groups in total. The van der Waals surface area contributed by atoms with Gasteiger partial charge in [0.25, 0.3) is 5.56 Å². The molecule has 2 heterocycles. The maximum Gasteiger partial charge on any atom is 0.280 e. The van der Waals surface area contributed by atoms with Crippen LogP contribution in [-0.4, -0.2) is 26.6 Å². The van der Waals surface area contributed by atoms with Crippen molar-refractivity contribution in [1.82, 2.24) is 19.5 Å². The molecule has 0 spiro atoms. The SMILES string of the molecule is COC(C)n1cnc2c(=O)[nH]c(N)nc21. The Morgan fingerprint density at radius 2 is 2.40 bits per heavy atom. The zero-order valence-electron chi connectivity index (χ0n) is 8.39. The highest BCUT2D eigenvalue weighted by Crippen LogP contribution is 2.13. The summed E-state index contributed by atoms with van der Waals surface area (Å²) in [6, 6.07) is 0. The van der Waals surface area contributed by atoms with Crippen LogP contribution in [0.2, 0.25) is 0 Å². The van der Waals surface area contributed by atoms with E-state index in [9.17, 15) is 4.79 Å². The Morgan fingerprint density at radius 3 is 3.07 bits per heavy atom. The minimum atomic E-state index is -0.348. The lowest BCUT2D eigenvalue weighted by Gasteiger charge is -2.10. The number of hydrogen-bond acceptors (Lipinski definition) is 5. The molecule has 0 radical (unpaired) electrons. The molecule has 0 aliphatic rings. The number of aromatic amines is 1. The lowest BCUT2D eigenvalue weighted by molar-refractivity contribution is 0.0633. The smallest absolute Gasteiger partial charge is 0.280 e. The third-order valence-corrected chi connectivity index (χ3v) is 2.18. The lowest BCUT2D eigenvalue weighted by Crippen LogP contribution is -2.13. The van der Waals surface area contributed by atoms with Crippen molar-refractivity contribution in [2.24, 2.45) is 0 Å². The fraction of sp³-hybridized carbons (Fsp3) is 0.375. The number of methoxy groups -OCH3 is 1. The molecule has 0 fully saturated rings. The number of anilines is 1. The molecule has 15 heavy (non-hydrogen) atoms. The van der Waals surface area contributed by atoms with Crippen LogP contribution in [0.25, 0.3) is 11.2 Å². The molecule has 0 aliphatic carbocycles. The number of nitrogens with zero attached hydrogens (tertiary/aromatic N) is 3. The Morgan fingerprint density at radius 1 is 1.67 bits per heavy atom. The van der Waals surface area contributed by atoms with E-state index in [2.05, 4.69) is 15.0 Å². The van der Waals surface area contributed by atoms with Crippen molar-refractivity contribution in [3.63, 3.8) is 0 Å². The third-order valence-electron chi connectivity index (χ3n) is 2.18. The molecular weight excluding hydrogens is 198 g/mol. The first kappa shape index (κ1) is 9.66. The molecule has 0 aliphatic heterocycles. The van der Waals surface area contributed by atoms with E-state index in [0.717, 1.165) is 0 Å². The van der Waals surface area contributed by atoms with E-state index in [1.165, 1.54) is 6.33 Å². The number of fused-ring (bicyclic) bond motifs is 1. The molecular formula is C8H11N5O2. The molecule has 0 saturated carbocycles. The number of nitrogens with two attached hydrogens (primary N) is 1. The summed E-state index contributed by atoms with van der Waals surface area (Å²) >= 11 is 0. The van der Waals surface area contributed by atoms with Crippen LogP contribution in [0.4, 0.5) is 5.95 Å². The van der Waals surface area contributed by atoms with Gasteiger partial charge in [-0.2, -0.15) is 4.98 Å². The van der Waals surface area contributed by atoms with Crippen molar-refractivity contribution in [2.75, 3.05) is 12.8 Å². The molecule has 0 amide bonds. The topological polar surface area (TPSA) is 98.8 Å². The van der Waals surface area contributed by atoms with Gasteiger partial charge in [0.05, 0.1) is 6.33 Å². The molecule has 1 unspecified atom stereocenters. The van der Waals surface area contributed by atoms with Gasteiger partial charge in [-0.1, -0.05) is 0 Å². The van der Waals surface area contributed by atoms with Gasteiger partial charge in [0.1, 0.15) is 6.23 Å². The van der Waals surface area contributed by atoms with Crippen LogP contribution in [0.5, 0.6) is 0 Å². The van der Waals surface area contributed by atoms with Gasteiger partial charge < -0.3 is 10.5 Å². The van der Waals surface area contributed by atoms with Crippen LogP contribution in [0.15, 0.2) is 11.1 Å². The van der Waals surface area contributed by atoms with Gasteiger partial charge in [-0.3, -0.25) is 14.3 Å². The average molecular weight is 209 g/mol. The molecule has 1 atom stereocenters. The standard InChI is InChI=1S/C8H11N5O2/c1-4(15-2)13-3-10-5-6(13)11-8(9)12-7(5)14/h3-4H,1-2H3,(H3,9,11,12,14). The van der Waals surface area contributed by atoms with E-state index >= 15 is 0 Å². The fourth-order valence-electron chi connectivity index (χ4n) is 1.32. The van der Waals surface area contributed by atoms with Gasteiger partial charge in [-0.05, 0) is 6.92 Å². The first-order valence-corrected chi connectivity index (χ1v) is 4.38. The summed E-state index contributed by atoms with van der Waals surface area (Å²) in [5, 5.41) is 0. The van der Waals surface area contributed by atoms with E-state index in [1.54, 1.807) is 11.7 Å². The zero-order valence-corrected chi connectivity index (χ0v) is 8.39. The van der Waals surface area contributed by atoms with Crippen LogP contribution in [0, 0.1) is 0 Å². The molecule has 0 bridgehead atoms. The lowest BCUT2D eigenvalue weighted by atomic mass is 10.5. The molecule has 80 valence electrons. The maximum atomic E-state index is 11.4. The molecule has 7 heteroatoms. The maximum absolute atomic E-state index is 11.4. The molecule has 7 nitrogen and oxygen atoms in total. The summed E-state index contributed by atoms with van der Waals surface area (Å²) in [5.74, 6) is 0.0672. The number of aromatic nitrogens is 4. The van der Waals surface area contributed by atoms with Gasteiger partial charge in [-0.25, -0.2) is 4.98 Å². The molecule has 2 aromatic heterocycles. The van der Waals surface area contributed by atoms with E-state index in [1.807, 2.05) is 6.92 Å². The number of nitrogen functional groups attached to an aromatic ring is 1. The van der Waals surface area contributed by atoms with Crippen molar-refractivity contribution in [2.45, 2.75) is 13.2 Å². The van der Waals surface area contributed by atoms with Gasteiger partial charge in [0, 0.05) is 7.11 Å². The summed E-state index contributed by atoms with van der Waals surface area (Å²) in [6.07, 6.45) is 1.25. The number of ether oxygens (including phenoxy) is 1. The highest BCUT2D eigenvalue weighted by Gasteiger charge is 2.12. The zero-order chi connectivity index (χ0) is 11.0. The highest BCUT2D eigenvalue weighted by molar-refractivity contribution is 5.70. The number of imidazole rings is 1. The van der Waals surface area contributed by atoms with Crippen LogP contribution < -0.4 is 11.3 Å². The first-order chi connectivity index (χ1) is 7.13. The van der Waals surface area contributed by atoms with Gasteiger partial charge in [0.15, 0.2) is 11.2 Å². The van der Waals surface area contributed by atoms with Crippen molar-refractivity contribution in [1.29, 1.82) is 0 Å². The van der Waals surface area contributed by atoms with Gasteiger partial charge in [-0.15, -0.1) is 0 Å². The van der Waals surface area contributed by atoms with Gasteiger partial charge in [0.2, 0.25) is 5.95 Å². The Balaban J connectivity index is 2.74. The quantitative estimate of drug-likeness (QED) is 0.717. The molecule has 2 rings (SSSR count). The summed E-state index contributed by atoms with van der Waals surface area (Å²) in [6.45, 7) is 1.82. The summed E-state index contributed by atoms with van der Waals surface area (Å²) in [7, 11) is 1.56. The van der Waals surface area contributed by atoms with Crippen LogP contribution in [-0.2, 0) is 4.74 Å². The van der Waals surface area contributed by atoms with Crippen LogP contribution in [0.3, 0.4) is 0 Å². The van der Waals surface area contributed by atoms with E-state index in [0.29, 0.717) is 5.65 Å². The summed E-state index contributed by atoms with van der Waals surface area (Å²) < 4.78 is 6.75. The first-order valence-electron chi connectivity index (χ1n) is 4.38. The highest BCUT2D eigenvalue weighted by atomic mass is 16.5. The van der Waals surface area contributed by atoms with Crippen LogP contribution >= 0.6 is 0 Å². The number of H-pyrrole nitrogens is 1. The molecule has 2 aromatic rings. The third kappa shape index (κ3) is 1.46. The Labute approximate surface area is 84.9 Å². The predicted octanol–water partition coefficient (Wildman–Crippen LogP) is -0.133. The largest absolute Gasteiger partial charge is 0.369 e. The Kier molecular flexibility index (Phi) is 2.16. The second-order valence-corrected chi connectivity index (χ2v) is 3.11. The fourth-order valence-corrected chi connectivity index (χ4v) is 1.32. The van der Waals surface area contributed by atoms with Crippen molar-refractivity contribution in [3.8, 4) is 0 Å². The average Bonchev–Trinajstić information content (AvgIpc) is 2.60. The monoisotopic (exact) mass is 209 g/mol. The predicted molar refractivity (Wildman–Crippen MR) is 54.3 cm³/mol. The van der Waals surface area contributed by atoms with Crippen LogP contribution in [0.1, 0.15) is 13.2 Å². The van der Waals surface area contributed by atoms with Crippen molar-refractivity contribution >= 4 is 17.1 Å². The molecule has 0 aromatic carbocycles. The van der Waals surface area contributed by atoms with Crippen molar-refractivity contribution < 1.29 is 4.74 Å². The van der Waals surface area contributed by atoms with E-state index in [4.69, 9.17) is 10.5 Å². The Hall–Kier alpha value is -1.89. The normalized spacial score (nSPS) is 13.2. The molecule has 0 saturated heterocycles. The number of hydrogen-bond donors (Lipinski definition) is 2. The minimum Gasteiger partial charge on any atom is -0.369 e. The summed E-state index contributed by atoms with van der Waals surface area (Å²) in [4.78, 5) is 21.8. The minimum absolute atomic E-state index is 0.0672. The van der Waals surface area contributed by atoms with E-state index in [-0.39, 0.29) is 23.3 Å². The van der Waals surface area contributed by atoms with E-state index < -0.39 is 0 Å². The number of nitrogens with one attached hydrogen (secondary N) is 1. The van der Waals surface area contributed by atoms with Gasteiger partial charge >= 0.3 is 0 Å². The second-order valence-electron chi connectivity index (χ2n) is 3.11. The Bertz CT molecular complexity index is 543. The number of rotatable bonds is 2.